The van der Waals surface area contributed by atoms with Crippen molar-refractivity contribution in [3.63, 3.8) is 0 Å². The molecule has 1 aliphatic rings. The van der Waals surface area contributed by atoms with Gasteiger partial charge in [-0.2, -0.15) is 0 Å². The molecule has 16 heavy (non-hydrogen) atoms. The van der Waals surface area contributed by atoms with Crippen LogP contribution < -0.4 is 0 Å². The number of benzene rings is 1. The van der Waals surface area contributed by atoms with Crippen LogP contribution in [0.15, 0.2) is 54.4 Å². The summed E-state index contributed by atoms with van der Waals surface area (Å²) in [7, 11) is 0. The molecule has 1 nitrogen and oxygen atoms in total. The molecule has 1 atom stereocenters. The first-order valence-electron chi connectivity index (χ1n) is 4.95. The summed E-state index contributed by atoms with van der Waals surface area (Å²) < 4.78 is 26.9. The highest BCUT2D eigenvalue weighted by Crippen LogP contribution is 2.29. The Bertz CT molecular complexity index is 462. The van der Waals surface area contributed by atoms with Crippen LogP contribution in [0.5, 0.6) is 0 Å². The zero-order valence-electron chi connectivity index (χ0n) is 8.49. The highest BCUT2D eigenvalue weighted by Gasteiger charge is 2.37. The first-order chi connectivity index (χ1) is 7.62. The molecule has 1 aromatic rings. The summed E-state index contributed by atoms with van der Waals surface area (Å²) in [6.07, 6.45) is 2.81. The summed E-state index contributed by atoms with van der Waals surface area (Å²) in [5.41, 5.74) is -1.82. The molecule has 1 unspecified atom stereocenters. The van der Waals surface area contributed by atoms with E-state index in [4.69, 9.17) is 0 Å². The second kappa shape index (κ2) is 4.00. The van der Waals surface area contributed by atoms with E-state index < -0.39 is 17.3 Å². The summed E-state index contributed by atoms with van der Waals surface area (Å²) in [4.78, 5) is 11.9. The normalized spacial score (nSPS) is 24.0. The minimum absolute atomic E-state index is 0.247. The maximum Gasteiger partial charge on any atom is 0.204 e. The van der Waals surface area contributed by atoms with Gasteiger partial charge < -0.3 is 0 Å². The molecule has 1 aliphatic carbocycles. The van der Waals surface area contributed by atoms with Gasteiger partial charge in [0.15, 0.2) is 5.67 Å². The van der Waals surface area contributed by atoms with Crippen LogP contribution in [0, 0.1) is 0 Å². The Labute approximate surface area is 92.1 Å². The van der Waals surface area contributed by atoms with Crippen molar-refractivity contribution in [2.24, 2.45) is 0 Å². The van der Waals surface area contributed by atoms with E-state index in [9.17, 15) is 13.6 Å². The van der Waals surface area contributed by atoms with Gasteiger partial charge in [-0.25, -0.2) is 8.78 Å². The molecular formula is C13H10F2O. The fraction of sp³-hybridized carbons (Fsp3) is 0.154. The average Bonchev–Trinajstić information content (AvgIpc) is 2.33. The predicted molar refractivity (Wildman–Crippen MR) is 57.6 cm³/mol. The van der Waals surface area contributed by atoms with Crippen LogP contribution in [0.1, 0.15) is 16.8 Å². The Morgan fingerprint density at radius 1 is 1.25 bits per heavy atom. The Morgan fingerprint density at radius 3 is 2.50 bits per heavy atom. The van der Waals surface area contributed by atoms with E-state index in [0.717, 1.165) is 18.2 Å². The van der Waals surface area contributed by atoms with Crippen molar-refractivity contribution < 1.29 is 13.6 Å². The van der Waals surface area contributed by atoms with Crippen LogP contribution in [0.4, 0.5) is 8.78 Å². The van der Waals surface area contributed by atoms with Crippen molar-refractivity contribution in [3.8, 4) is 0 Å². The van der Waals surface area contributed by atoms with E-state index >= 15 is 0 Å². The van der Waals surface area contributed by atoms with Crippen LogP contribution in [0.25, 0.3) is 0 Å². The molecule has 0 fully saturated rings. The standard InChI is InChI=1S/C13H10F2O/c14-11-6-8-13(15,9-7-11)12(16)10-4-2-1-3-5-10/h1-8H,9H2. The summed E-state index contributed by atoms with van der Waals surface area (Å²) in [6, 6.07) is 8.18. The fourth-order valence-corrected chi connectivity index (χ4v) is 1.59. The Kier molecular flexibility index (Phi) is 2.69. The van der Waals surface area contributed by atoms with Crippen LogP contribution in [0.2, 0.25) is 0 Å². The Hall–Kier alpha value is -1.77. The number of allylic oxidation sites excluding steroid dienone is 4. The zero-order chi connectivity index (χ0) is 11.6. The Balaban J connectivity index is 2.27. The van der Waals surface area contributed by atoms with Gasteiger partial charge >= 0.3 is 0 Å². The fourth-order valence-electron chi connectivity index (χ4n) is 1.59. The highest BCUT2D eigenvalue weighted by atomic mass is 19.1. The molecule has 2 rings (SSSR count). The van der Waals surface area contributed by atoms with Crippen LogP contribution in [-0.4, -0.2) is 11.5 Å². The van der Waals surface area contributed by atoms with E-state index in [1.54, 1.807) is 30.3 Å². The molecule has 0 spiro atoms. The molecule has 82 valence electrons. The number of hydrogen-bond acceptors (Lipinski definition) is 1. The summed E-state index contributed by atoms with van der Waals surface area (Å²) >= 11 is 0. The summed E-state index contributed by atoms with van der Waals surface area (Å²) in [5, 5.41) is 0. The van der Waals surface area contributed by atoms with Crippen molar-refractivity contribution in [3.05, 3.63) is 60.0 Å². The van der Waals surface area contributed by atoms with Gasteiger partial charge in [0.2, 0.25) is 5.78 Å². The van der Waals surface area contributed by atoms with Crippen LogP contribution >= 0.6 is 0 Å². The average molecular weight is 220 g/mol. The lowest BCUT2D eigenvalue weighted by molar-refractivity contribution is 0.0779. The minimum Gasteiger partial charge on any atom is -0.290 e. The van der Waals surface area contributed by atoms with Crippen molar-refractivity contribution in [1.29, 1.82) is 0 Å². The molecule has 0 radical (unpaired) electrons. The molecule has 0 aliphatic heterocycles. The van der Waals surface area contributed by atoms with Gasteiger partial charge in [-0.1, -0.05) is 30.3 Å². The maximum absolute atomic E-state index is 14.2. The number of alkyl halides is 1. The summed E-state index contributed by atoms with van der Waals surface area (Å²) in [5.74, 6) is -1.14. The van der Waals surface area contributed by atoms with Crippen molar-refractivity contribution in [1.82, 2.24) is 0 Å². The first kappa shape index (κ1) is 10.7. The lowest BCUT2D eigenvalue weighted by Gasteiger charge is -2.20. The van der Waals surface area contributed by atoms with E-state index in [1.807, 2.05) is 0 Å². The molecule has 0 saturated carbocycles. The largest absolute Gasteiger partial charge is 0.290 e. The van der Waals surface area contributed by atoms with Gasteiger partial charge in [0.25, 0.3) is 0 Å². The SMILES string of the molecule is O=C(c1ccccc1)C1(F)C=CC(F)=CC1. The predicted octanol–water partition coefficient (Wildman–Crippen LogP) is 3.39. The third kappa shape index (κ3) is 1.94. The number of ketones is 1. The quantitative estimate of drug-likeness (QED) is 0.698. The number of Topliss-reactive ketones (excluding diaryl/α,β-unsaturated/α-hetero) is 1. The zero-order valence-corrected chi connectivity index (χ0v) is 8.49. The molecule has 0 heterocycles. The molecule has 0 aromatic heterocycles. The number of carbonyl (C=O) groups is 1. The third-order valence-corrected chi connectivity index (χ3v) is 2.51. The lowest BCUT2D eigenvalue weighted by Crippen LogP contribution is -2.32. The van der Waals surface area contributed by atoms with Crippen LogP contribution in [0.3, 0.4) is 0 Å². The number of rotatable bonds is 2. The molecular weight excluding hydrogens is 210 g/mol. The first-order valence-corrected chi connectivity index (χ1v) is 4.95. The minimum atomic E-state index is -2.11. The second-order valence-electron chi connectivity index (χ2n) is 3.68. The van der Waals surface area contributed by atoms with Gasteiger partial charge in [0, 0.05) is 12.0 Å². The van der Waals surface area contributed by atoms with E-state index in [1.165, 1.54) is 0 Å². The van der Waals surface area contributed by atoms with Gasteiger partial charge in [-0.15, -0.1) is 0 Å². The topological polar surface area (TPSA) is 17.1 Å². The molecule has 3 heteroatoms. The lowest BCUT2D eigenvalue weighted by atomic mass is 9.88. The maximum atomic E-state index is 14.2. The summed E-state index contributed by atoms with van der Waals surface area (Å²) in [6.45, 7) is 0. The van der Waals surface area contributed by atoms with Gasteiger partial charge in [-0.05, 0) is 18.2 Å². The van der Waals surface area contributed by atoms with Crippen molar-refractivity contribution in [2.75, 3.05) is 0 Å². The third-order valence-electron chi connectivity index (χ3n) is 2.51. The molecule has 0 amide bonds. The van der Waals surface area contributed by atoms with E-state index in [-0.39, 0.29) is 6.42 Å². The van der Waals surface area contributed by atoms with Gasteiger partial charge in [0.1, 0.15) is 5.83 Å². The second-order valence-corrected chi connectivity index (χ2v) is 3.68. The van der Waals surface area contributed by atoms with Gasteiger partial charge in [0.05, 0.1) is 0 Å². The monoisotopic (exact) mass is 220 g/mol. The number of halogens is 2. The van der Waals surface area contributed by atoms with Crippen LogP contribution in [-0.2, 0) is 0 Å². The van der Waals surface area contributed by atoms with Crippen molar-refractivity contribution in [2.45, 2.75) is 12.1 Å². The number of carbonyl (C=O) groups excluding carboxylic acids is 1. The van der Waals surface area contributed by atoms with E-state index in [2.05, 4.69) is 0 Å². The molecule has 0 N–H and O–H groups in total. The van der Waals surface area contributed by atoms with Gasteiger partial charge in [-0.3, -0.25) is 4.79 Å². The van der Waals surface area contributed by atoms with Crippen molar-refractivity contribution >= 4 is 5.78 Å². The Morgan fingerprint density at radius 2 is 1.94 bits per heavy atom. The molecule has 1 aromatic carbocycles. The molecule has 0 saturated heterocycles. The highest BCUT2D eigenvalue weighted by molar-refractivity contribution is 6.04. The molecule has 0 bridgehead atoms. The van der Waals surface area contributed by atoms with E-state index in [0.29, 0.717) is 5.56 Å². The smallest absolute Gasteiger partial charge is 0.204 e. The number of hydrogen-bond donors (Lipinski definition) is 0.